The summed E-state index contributed by atoms with van der Waals surface area (Å²) in [6.45, 7) is 8.18. The van der Waals surface area contributed by atoms with E-state index < -0.39 is 9.84 Å². The Hall–Kier alpha value is -3.39. The van der Waals surface area contributed by atoms with Crippen LogP contribution in [0.3, 0.4) is 0 Å². The number of hydrogen-bond acceptors (Lipinski definition) is 7. The normalized spacial score (nSPS) is 12.0. The Morgan fingerprint density at radius 2 is 1.00 bits per heavy atom. The van der Waals surface area contributed by atoms with E-state index in [2.05, 4.69) is 51.3 Å². The van der Waals surface area contributed by atoms with Gasteiger partial charge in [0.25, 0.3) is 0 Å². The van der Waals surface area contributed by atoms with E-state index in [-0.39, 0.29) is 5.75 Å². The van der Waals surface area contributed by atoms with Crippen LogP contribution in [0, 0.1) is 0 Å². The molecule has 0 atom stereocenters. The van der Waals surface area contributed by atoms with Crippen molar-refractivity contribution in [3.8, 4) is 0 Å². The molecule has 0 aliphatic carbocycles. The number of hydrogen-bond donors (Lipinski definition) is 0. The van der Waals surface area contributed by atoms with Crippen molar-refractivity contribution < 1.29 is 8.42 Å². The molecular weight excluding hydrogens is 446 g/mol. The van der Waals surface area contributed by atoms with Crippen molar-refractivity contribution in [3.05, 3.63) is 72.8 Å². The van der Waals surface area contributed by atoms with Crippen LogP contribution in [0.2, 0.25) is 0 Å². The van der Waals surface area contributed by atoms with Gasteiger partial charge in [-0.1, -0.05) is 13.3 Å². The van der Waals surface area contributed by atoms with Crippen LogP contribution in [0.5, 0.6) is 0 Å². The summed E-state index contributed by atoms with van der Waals surface area (Å²) in [6.07, 6.45) is 1.50. The Morgan fingerprint density at radius 3 is 1.38 bits per heavy atom. The lowest BCUT2D eigenvalue weighted by Gasteiger charge is -2.20. The zero-order valence-electron chi connectivity index (χ0n) is 19.9. The Bertz CT molecular complexity index is 1200. The smallest absolute Gasteiger partial charge is 0.178 e. The van der Waals surface area contributed by atoms with Gasteiger partial charge in [-0.2, -0.15) is 20.5 Å². The van der Waals surface area contributed by atoms with Crippen LogP contribution >= 0.6 is 0 Å². The number of nitrogens with zero attached hydrogens (tertiary/aromatic N) is 5. The van der Waals surface area contributed by atoms with E-state index in [1.165, 1.54) is 5.69 Å². The Kier molecular flexibility index (Phi) is 9.04. The van der Waals surface area contributed by atoms with Crippen LogP contribution in [-0.2, 0) is 9.84 Å². The Morgan fingerprint density at radius 1 is 0.618 bits per heavy atom. The first-order valence-corrected chi connectivity index (χ1v) is 13.2. The lowest BCUT2D eigenvalue weighted by atomic mass is 10.2. The third-order valence-electron chi connectivity index (χ3n) is 5.35. The number of benzene rings is 3. The number of azo groups is 2. The highest BCUT2D eigenvalue weighted by molar-refractivity contribution is 7.91. The standard InChI is InChI=1S/C26H31N5O2S/c1-4-7-20-34(32,33)26-18-14-24(15-19-26)30-28-22-10-8-21(9-11-22)27-29-23-12-16-25(17-13-23)31(5-2)6-3/h8-19H,4-7,20H2,1-3H3. The summed E-state index contributed by atoms with van der Waals surface area (Å²) in [5.74, 6) is 0.162. The van der Waals surface area contributed by atoms with Gasteiger partial charge in [0.05, 0.1) is 33.4 Å². The van der Waals surface area contributed by atoms with Gasteiger partial charge < -0.3 is 4.90 Å². The first-order valence-electron chi connectivity index (χ1n) is 11.6. The van der Waals surface area contributed by atoms with E-state index in [9.17, 15) is 8.42 Å². The molecule has 3 aromatic rings. The molecule has 0 spiro atoms. The highest BCUT2D eigenvalue weighted by Gasteiger charge is 2.13. The van der Waals surface area contributed by atoms with Crippen molar-refractivity contribution in [3.63, 3.8) is 0 Å². The molecule has 178 valence electrons. The largest absolute Gasteiger partial charge is 0.372 e. The maximum absolute atomic E-state index is 12.3. The van der Waals surface area contributed by atoms with Crippen molar-refractivity contribution >= 4 is 38.3 Å². The minimum Gasteiger partial charge on any atom is -0.372 e. The topological polar surface area (TPSA) is 86.8 Å². The van der Waals surface area contributed by atoms with Crippen molar-refractivity contribution in [1.29, 1.82) is 0 Å². The van der Waals surface area contributed by atoms with Crippen molar-refractivity contribution in [2.45, 2.75) is 38.5 Å². The fraction of sp³-hybridized carbons (Fsp3) is 0.308. The van der Waals surface area contributed by atoms with Crippen LogP contribution in [0.4, 0.5) is 28.4 Å². The molecule has 0 saturated heterocycles. The lowest BCUT2D eigenvalue weighted by molar-refractivity contribution is 0.592. The fourth-order valence-electron chi connectivity index (χ4n) is 3.31. The monoisotopic (exact) mass is 477 g/mol. The van der Waals surface area contributed by atoms with Gasteiger partial charge in [0.15, 0.2) is 9.84 Å². The molecular formula is C26H31N5O2S. The average molecular weight is 478 g/mol. The second-order valence-electron chi connectivity index (χ2n) is 7.77. The molecule has 8 heteroatoms. The molecule has 3 aromatic carbocycles. The lowest BCUT2D eigenvalue weighted by Crippen LogP contribution is -2.21. The third kappa shape index (κ3) is 7.05. The highest BCUT2D eigenvalue weighted by atomic mass is 32.2. The van der Waals surface area contributed by atoms with Crippen molar-refractivity contribution in [1.82, 2.24) is 0 Å². The molecule has 34 heavy (non-hydrogen) atoms. The summed E-state index contributed by atoms with van der Waals surface area (Å²) >= 11 is 0. The molecule has 0 aliphatic heterocycles. The quantitative estimate of drug-likeness (QED) is 0.263. The minimum absolute atomic E-state index is 0.162. The maximum atomic E-state index is 12.3. The number of unbranched alkanes of at least 4 members (excludes halogenated alkanes) is 1. The van der Waals surface area contributed by atoms with Gasteiger partial charge in [-0.25, -0.2) is 8.42 Å². The molecule has 0 radical (unpaired) electrons. The summed E-state index contributed by atoms with van der Waals surface area (Å²) in [7, 11) is -3.24. The van der Waals surface area contributed by atoms with Crippen molar-refractivity contribution in [2.24, 2.45) is 20.5 Å². The molecule has 0 bridgehead atoms. The van der Waals surface area contributed by atoms with Crippen LogP contribution in [0.15, 0.2) is 98.1 Å². The maximum Gasteiger partial charge on any atom is 0.178 e. The first-order chi connectivity index (χ1) is 16.4. The molecule has 0 heterocycles. The average Bonchev–Trinajstić information content (AvgIpc) is 2.87. The molecule has 7 nitrogen and oxygen atoms in total. The van der Waals surface area contributed by atoms with E-state index in [4.69, 9.17) is 0 Å². The van der Waals surface area contributed by atoms with E-state index in [1.807, 2.05) is 43.3 Å². The molecule has 0 N–H and O–H groups in total. The van der Waals surface area contributed by atoms with Gasteiger partial charge in [0, 0.05) is 18.8 Å². The number of sulfone groups is 1. The van der Waals surface area contributed by atoms with Gasteiger partial charge in [0.2, 0.25) is 0 Å². The van der Waals surface area contributed by atoms with Crippen LogP contribution in [-0.4, -0.2) is 27.3 Å². The molecule has 0 unspecified atom stereocenters. The highest BCUT2D eigenvalue weighted by Crippen LogP contribution is 2.25. The summed E-state index contributed by atoms with van der Waals surface area (Å²) in [6, 6.07) is 21.8. The first kappa shape index (κ1) is 25.2. The van der Waals surface area contributed by atoms with Gasteiger partial charge in [-0.3, -0.25) is 0 Å². The summed E-state index contributed by atoms with van der Waals surface area (Å²) in [5, 5.41) is 17.0. The van der Waals surface area contributed by atoms with Crippen LogP contribution < -0.4 is 4.90 Å². The SMILES string of the molecule is CCCCS(=O)(=O)c1ccc(N=Nc2ccc(N=Nc3ccc(N(CC)CC)cc3)cc2)cc1. The zero-order chi connectivity index (χ0) is 24.4. The number of rotatable bonds is 11. The molecule has 0 aliphatic rings. The van der Waals surface area contributed by atoms with Gasteiger partial charge in [-0.15, -0.1) is 0 Å². The number of anilines is 1. The van der Waals surface area contributed by atoms with E-state index in [1.54, 1.807) is 24.3 Å². The molecule has 0 amide bonds. The predicted molar refractivity (Wildman–Crippen MR) is 138 cm³/mol. The van der Waals surface area contributed by atoms with E-state index in [0.717, 1.165) is 25.2 Å². The minimum atomic E-state index is -3.24. The summed E-state index contributed by atoms with van der Waals surface area (Å²) < 4.78 is 24.5. The van der Waals surface area contributed by atoms with Gasteiger partial charge in [-0.05, 0) is 93.1 Å². The van der Waals surface area contributed by atoms with Crippen molar-refractivity contribution in [2.75, 3.05) is 23.7 Å². The van der Waals surface area contributed by atoms with Crippen LogP contribution in [0.25, 0.3) is 0 Å². The van der Waals surface area contributed by atoms with Gasteiger partial charge in [0.1, 0.15) is 0 Å². The molecule has 0 saturated carbocycles. The van der Waals surface area contributed by atoms with Crippen LogP contribution in [0.1, 0.15) is 33.6 Å². The Labute approximate surface area is 202 Å². The molecule has 3 rings (SSSR count). The summed E-state index contributed by atoms with van der Waals surface area (Å²) in [5.41, 5.74) is 3.94. The predicted octanol–water partition coefficient (Wildman–Crippen LogP) is 7.94. The Balaban J connectivity index is 1.60. The second-order valence-corrected chi connectivity index (χ2v) is 9.88. The summed E-state index contributed by atoms with van der Waals surface area (Å²) in [4.78, 5) is 2.59. The fourth-order valence-corrected chi connectivity index (χ4v) is 4.76. The van der Waals surface area contributed by atoms with E-state index >= 15 is 0 Å². The van der Waals surface area contributed by atoms with E-state index in [0.29, 0.717) is 28.4 Å². The second kappa shape index (κ2) is 12.2. The van der Waals surface area contributed by atoms with Gasteiger partial charge >= 0.3 is 0 Å². The zero-order valence-corrected chi connectivity index (χ0v) is 20.7. The third-order valence-corrected chi connectivity index (χ3v) is 7.17. The molecule has 0 aromatic heterocycles. The molecule has 0 fully saturated rings.